The van der Waals surface area contributed by atoms with E-state index in [1.807, 2.05) is 0 Å². The lowest BCUT2D eigenvalue weighted by atomic mass is 10.1. The van der Waals surface area contributed by atoms with Gasteiger partial charge in [0.05, 0.1) is 4.88 Å². The molecule has 4 heteroatoms. The minimum atomic E-state index is -0.0301. The molecule has 0 saturated heterocycles. The van der Waals surface area contributed by atoms with Crippen LogP contribution < -0.4 is 5.43 Å². The second-order valence-electron chi connectivity index (χ2n) is 5.45. The molecular weight excluding hydrogens is 256 g/mol. The molecule has 1 fully saturated rings. The summed E-state index contributed by atoms with van der Waals surface area (Å²) in [6.45, 7) is 0. The quantitative estimate of drug-likeness (QED) is 0.650. The zero-order valence-electron chi connectivity index (χ0n) is 11.2. The van der Waals surface area contributed by atoms with Crippen molar-refractivity contribution in [3.8, 4) is 0 Å². The van der Waals surface area contributed by atoms with Gasteiger partial charge in [-0.25, -0.2) is 5.43 Å². The molecule has 1 amide bonds. The highest BCUT2D eigenvalue weighted by atomic mass is 32.1. The maximum Gasteiger partial charge on any atom is 0.281 e. The van der Waals surface area contributed by atoms with Crippen molar-refractivity contribution in [3.63, 3.8) is 0 Å². The topological polar surface area (TPSA) is 41.5 Å². The van der Waals surface area contributed by atoms with Gasteiger partial charge in [0.15, 0.2) is 0 Å². The lowest BCUT2D eigenvalue weighted by Gasteiger charge is -1.98. The molecule has 1 saturated carbocycles. The Morgan fingerprint density at radius 2 is 1.79 bits per heavy atom. The fourth-order valence-corrected chi connectivity index (χ4v) is 4.00. The molecule has 102 valence electrons. The van der Waals surface area contributed by atoms with Crippen molar-refractivity contribution >= 4 is 23.0 Å². The minimum absolute atomic E-state index is 0.0301. The molecule has 0 atom stereocenters. The summed E-state index contributed by atoms with van der Waals surface area (Å²) in [6.07, 6.45) is 10.6. The third kappa shape index (κ3) is 3.06. The molecule has 2 aliphatic rings. The second kappa shape index (κ2) is 5.87. The van der Waals surface area contributed by atoms with Gasteiger partial charge in [0.1, 0.15) is 0 Å². The van der Waals surface area contributed by atoms with Gasteiger partial charge in [-0.15, -0.1) is 11.3 Å². The van der Waals surface area contributed by atoms with E-state index in [4.69, 9.17) is 0 Å². The SMILES string of the molecule is O=C(NN=C1CCCC1)c1cc2c(s1)CCCCC2. The first-order chi connectivity index (χ1) is 9.33. The Bertz CT molecular complexity index is 473. The number of nitrogens with one attached hydrogen (secondary N) is 1. The van der Waals surface area contributed by atoms with Crippen LogP contribution in [0.5, 0.6) is 0 Å². The van der Waals surface area contributed by atoms with Gasteiger partial charge in [-0.05, 0) is 63.0 Å². The molecular formula is C15H20N2OS. The number of aryl methyl sites for hydroxylation is 2. The first-order valence-electron chi connectivity index (χ1n) is 7.30. The molecule has 1 aromatic rings. The molecule has 3 nitrogen and oxygen atoms in total. The van der Waals surface area contributed by atoms with Crippen LogP contribution in [0.2, 0.25) is 0 Å². The van der Waals surface area contributed by atoms with E-state index in [-0.39, 0.29) is 5.91 Å². The average molecular weight is 276 g/mol. The standard InChI is InChI=1S/C15H20N2OS/c18-15(17-16-12-7-4-5-8-12)14-10-11-6-2-1-3-9-13(11)19-14/h10H,1-9H2,(H,17,18). The summed E-state index contributed by atoms with van der Waals surface area (Å²) in [4.78, 5) is 14.3. The van der Waals surface area contributed by atoms with Gasteiger partial charge < -0.3 is 0 Å². The van der Waals surface area contributed by atoms with Crippen molar-refractivity contribution in [3.05, 3.63) is 21.4 Å². The summed E-state index contributed by atoms with van der Waals surface area (Å²) in [6, 6.07) is 2.08. The van der Waals surface area contributed by atoms with E-state index < -0.39 is 0 Å². The molecule has 0 aromatic carbocycles. The summed E-state index contributed by atoms with van der Waals surface area (Å²) in [7, 11) is 0. The molecule has 1 heterocycles. The van der Waals surface area contributed by atoms with Gasteiger partial charge in [0.2, 0.25) is 0 Å². The zero-order chi connectivity index (χ0) is 13.1. The Balaban J connectivity index is 1.68. The molecule has 1 aromatic heterocycles. The summed E-state index contributed by atoms with van der Waals surface area (Å²) in [5, 5.41) is 4.25. The van der Waals surface area contributed by atoms with E-state index in [1.165, 1.54) is 42.5 Å². The fourth-order valence-electron chi connectivity index (χ4n) is 2.86. The molecule has 0 radical (unpaired) electrons. The monoisotopic (exact) mass is 276 g/mol. The third-order valence-electron chi connectivity index (χ3n) is 3.97. The van der Waals surface area contributed by atoms with Crippen LogP contribution >= 0.6 is 11.3 Å². The van der Waals surface area contributed by atoms with Gasteiger partial charge in [0, 0.05) is 10.6 Å². The Morgan fingerprint density at radius 3 is 2.63 bits per heavy atom. The van der Waals surface area contributed by atoms with Crippen LogP contribution in [0.4, 0.5) is 0 Å². The average Bonchev–Trinajstić information content (AvgIpc) is 3.02. The highest BCUT2D eigenvalue weighted by Crippen LogP contribution is 2.28. The number of thiophene rings is 1. The van der Waals surface area contributed by atoms with Crippen molar-refractivity contribution in [2.75, 3.05) is 0 Å². The zero-order valence-corrected chi connectivity index (χ0v) is 12.0. The summed E-state index contributed by atoms with van der Waals surface area (Å²) < 4.78 is 0. The molecule has 0 bridgehead atoms. The maximum absolute atomic E-state index is 12.1. The van der Waals surface area contributed by atoms with Crippen molar-refractivity contribution in [2.45, 2.75) is 57.8 Å². The minimum Gasteiger partial charge on any atom is -0.266 e. The van der Waals surface area contributed by atoms with Gasteiger partial charge in [-0.3, -0.25) is 4.79 Å². The number of amides is 1. The first-order valence-corrected chi connectivity index (χ1v) is 8.12. The number of rotatable bonds is 2. The summed E-state index contributed by atoms with van der Waals surface area (Å²) in [5.41, 5.74) is 5.26. The number of hydrogen-bond acceptors (Lipinski definition) is 3. The number of hydrazone groups is 1. The Labute approximate surface area is 118 Å². The number of hydrogen-bond donors (Lipinski definition) is 1. The Kier molecular flexibility index (Phi) is 3.97. The van der Waals surface area contributed by atoms with Crippen LogP contribution in [0.1, 0.15) is 65.1 Å². The van der Waals surface area contributed by atoms with E-state index in [1.54, 1.807) is 11.3 Å². The predicted molar refractivity (Wildman–Crippen MR) is 78.9 cm³/mol. The molecule has 2 aliphatic carbocycles. The van der Waals surface area contributed by atoms with Gasteiger partial charge in [-0.2, -0.15) is 5.10 Å². The van der Waals surface area contributed by atoms with Crippen LogP contribution in [-0.4, -0.2) is 11.6 Å². The molecule has 0 spiro atoms. The maximum atomic E-state index is 12.1. The Hall–Kier alpha value is -1.16. The first kappa shape index (κ1) is 12.9. The van der Waals surface area contributed by atoms with E-state index in [0.717, 1.165) is 36.3 Å². The third-order valence-corrected chi connectivity index (χ3v) is 5.20. The normalized spacial score (nSPS) is 18.8. The molecule has 3 rings (SSSR count). The van der Waals surface area contributed by atoms with Crippen LogP contribution in [0.25, 0.3) is 0 Å². The molecule has 19 heavy (non-hydrogen) atoms. The smallest absolute Gasteiger partial charge is 0.266 e. The summed E-state index contributed by atoms with van der Waals surface area (Å²) in [5.74, 6) is -0.0301. The molecule has 0 unspecified atom stereocenters. The molecule has 0 aliphatic heterocycles. The fraction of sp³-hybridized carbons (Fsp3) is 0.600. The van der Waals surface area contributed by atoms with Crippen LogP contribution in [0.15, 0.2) is 11.2 Å². The molecule has 1 N–H and O–H groups in total. The lowest BCUT2D eigenvalue weighted by Crippen LogP contribution is -2.17. The van der Waals surface area contributed by atoms with E-state index in [2.05, 4.69) is 16.6 Å². The predicted octanol–water partition coefficient (Wildman–Crippen LogP) is 3.68. The largest absolute Gasteiger partial charge is 0.281 e. The van der Waals surface area contributed by atoms with Crippen molar-refractivity contribution in [1.29, 1.82) is 0 Å². The van der Waals surface area contributed by atoms with Crippen LogP contribution in [0.3, 0.4) is 0 Å². The summed E-state index contributed by atoms with van der Waals surface area (Å²) >= 11 is 1.66. The van der Waals surface area contributed by atoms with Gasteiger partial charge in [0.25, 0.3) is 5.91 Å². The van der Waals surface area contributed by atoms with Crippen molar-refractivity contribution < 1.29 is 4.79 Å². The van der Waals surface area contributed by atoms with E-state index in [9.17, 15) is 4.79 Å². The Morgan fingerprint density at radius 1 is 1.05 bits per heavy atom. The van der Waals surface area contributed by atoms with Crippen molar-refractivity contribution in [2.24, 2.45) is 5.10 Å². The lowest BCUT2D eigenvalue weighted by molar-refractivity contribution is 0.0958. The van der Waals surface area contributed by atoms with E-state index in [0.29, 0.717) is 0 Å². The number of carbonyl (C=O) groups excluding carboxylic acids is 1. The highest BCUT2D eigenvalue weighted by molar-refractivity contribution is 7.14. The van der Waals surface area contributed by atoms with E-state index >= 15 is 0 Å². The number of nitrogens with zero attached hydrogens (tertiary/aromatic N) is 1. The number of fused-ring (bicyclic) bond motifs is 1. The van der Waals surface area contributed by atoms with Crippen LogP contribution in [-0.2, 0) is 12.8 Å². The van der Waals surface area contributed by atoms with Gasteiger partial charge >= 0.3 is 0 Å². The van der Waals surface area contributed by atoms with Gasteiger partial charge in [-0.1, -0.05) is 6.42 Å². The second-order valence-corrected chi connectivity index (χ2v) is 6.58. The number of carbonyl (C=O) groups is 1. The highest BCUT2D eigenvalue weighted by Gasteiger charge is 2.16. The van der Waals surface area contributed by atoms with Crippen LogP contribution in [0, 0.1) is 0 Å². The van der Waals surface area contributed by atoms with Crippen molar-refractivity contribution in [1.82, 2.24) is 5.43 Å².